The third-order valence-corrected chi connectivity index (χ3v) is 8.98. The van der Waals surface area contributed by atoms with Crippen LogP contribution in [0.25, 0.3) is 22.0 Å². The van der Waals surface area contributed by atoms with E-state index in [4.69, 9.17) is 20.2 Å². The molecule has 3 aromatic rings. The first-order valence-electron chi connectivity index (χ1n) is 15.7. The Bertz CT molecular complexity index is 1330. The number of nitrogens with zero attached hydrogens (tertiary/aromatic N) is 5. The van der Waals surface area contributed by atoms with Gasteiger partial charge in [-0.25, -0.2) is 9.97 Å². The van der Waals surface area contributed by atoms with Crippen molar-refractivity contribution in [3.05, 3.63) is 36.0 Å². The van der Waals surface area contributed by atoms with Gasteiger partial charge in [0.15, 0.2) is 0 Å². The third kappa shape index (κ3) is 6.74. The number of rotatable bonds is 11. The molecular weight excluding hydrogens is 526 g/mol. The summed E-state index contributed by atoms with van der Waals surface area (Å²) in [7, 11) is 3.98. The highest BCUT2D eigenvalue weighted by Gasteiger charge is 2.28. The fourth-order valence-corrected chi connectivity index (χ4v) is 6.30. The summed E-state index contributed by atoms with van der Waals surface area (Å²) in [6, 6.07) is 9.54. The average Bonchev–Trinajstić information content (AvgIpc) is 3.01. The van der Waals surface area contributed by atoms with E-state index < -0.39 is 0 Å². The van der Waals surface area contributed by atoms with Gasteiger partial charge in [-0.05, 0) is 75.9 Å². The van der Waals surface area contributed by atoms with Gasteiger partial charge in [0.2, 0.25) is 0 Å². The molecule has 0 aliphatic carbocycles. The van der Waals surface area contributed by atoms with Crippen LogP contribution in [0, 0.1) is 0 Å². The van der Waals surface area contributed by atoms with Crippen molar-refractivity contribution in [2.45, 2.75) is 58.5 Å². The number of piperidine rings is 1. The van der Waals surface area contributed by atoms with E-state index in [9.17, 15) is 0 Å². The maximum absolute atomic E-state index is 6.38. The van der Waals surface area contributed by atoms with Gasteiger partial charge in [0.1, 0.15) is 17.4 Å². The molecule has 0 bridgehead atoms. The highest BCUT2D eigenvalue weighted by molar-refractivity contribution is 6.00. The molecular formula is C33H49N7O2. The molecule has 2 saturated heterocycles. The number of pyridine rings is 2. The van der Waals surface area contributed by atoms with Crippen molar-refractivity contribution in [3.8, 4) is 16.9 Å². The van der Waals surface area contributed by atoms with Crippen molar-refractivity contribution >= 4 is 28.2 Å². The Morgan fingerprint density at radius 3 is 2.52 bits per heavy atom. The van der Waals surface area contributed by atoms with Crippen molar-refractivity contribution in [2.75, 3.05) is 82.6 Å². The summed E-state index contributed by atoms with van der Waals surface area (Å²) in [6.45, 7) is 14.6. The van der Waals surface area contributed by atoms with Gasteiger partial charge in [0.05, 0.1) is 18.3 Å². The van der Waals surface area contributed by atoms with Crippen molar-refractivity contribution in [1.82, 2.24) is 19.8 Å². The summed E-state index contributed by atoms with van der Waals surface area (Å²) in [5, 5.41) is 4.51. The number of methoxy groups -OCH3 is 1. The number of nitrogen functional groups attached to an aromatic ring is 1. The van der Waals surface area contributed by atoms with E-state index in [-0.39, 0.29) is 6.04 Å². The number of aromatic nitrogens is 2. The number of nitrogens with two attached hydrogens (primary N) is 1. The molecule has 5 rings (SSSR count). The van der Waals surface area contributed by atoms with Crippen molar-refractivity contribution in [2.24, 2.45) is 0 Å². The van der Waals surface area contributed by atoms with Crippen molar-refractivity contribution in [1.29, 1.82) is 0 Å². The summed E-state index contributed by atoms with van der Waals surface area (Å²) in [5.74, 6) is 2.27. The maximum atomic E-state index is 6.38. The number of anilines is 3. The van der Waals surface area contributed by atoms with Gasteiger partial charge in [0, 0.05) is 81.7 Å². The number of nitrogens with one attached hydrogen (secondary N) is 1. The van der Waals surface area contributed by atoms with Gasteiger partial charge in [-0.15, -0.1) is 0 Å². The summed E-state index contributed by atoms with van der Waals surface area (Å²) < 4.78 is 11.5. The van der Waals surface area contributed by atoms with Crippen LogP contribution >= 0.6 is 0 Å². The molecule has 0 saturated carbocycles. The quantitative estimate of drug-likeness (QED) is 0.310. The first-order chi connectivity index (χ1) is 20.4. The topological polar surface area (TPSA) is 92.0 Å². The Hall–Kier alpha value is -3.14. The normalized spacial score (nSPS) is 18.0. The summed E-state index contributed by atoms with van der Waals surface area (Å²) in [5.41, 5.74) is 11.5. The van der Waals surface area contributed by atoms with Crippen molar-refractivity contribution in [3.63, 3.8) is 0 Å². The highest BCUT2D eigenvalue weighted by Crippen LogP contribution is 2.38. The Morgan fingerprint density at radius 2 is 1.83 bits per heavy atom. The first kappa shape index (κ1) is 30.3. The molecule has 1 aromatic carbocycles. The van der Waals surface area contributed by atoms with Crippen LogP contribution in [0.5, 0.6) is 5.75 Å². The second-order valence-corrected chi connectivity index (χ2v) is 11.8. The minimum atomic E-state index is 0.231. The van der Waals surface area contributed by atoms with E-state index in [1.165, 1.54) is 39.0 Å². The fourth-order valence-electron chi connectivity index (χ4n) is 6.30. The van der Waals surface area contributed by atoms with Gasteiger partial charge in [-0.2, -0.15) is 0 Å². The van der Waals surface area contributed by atoms with Crippen molar-refractivity contribution < 1.29 is 9.47 Å². The molecule has 0 amide bonds. The molecule has 42 heavy (non-hydrogen) atoms. The standard InChI is InChI=1S/C33H49N7O2/c1-6-24-20-27-31(37-33(24)36-23(3)12-19-42-7-2)28(22-35-32(27)34)25-8-9-29(30(21-25)41-5)40-13-10-26(11-14-40)39-17-15-38(4)16-18-39/h8-9,20-23,26H,6-7,10-19H2,1-5H3,(H2,34,35)(H,36,37). The molecule has 1 atom stereocenters. The van der Waals surface area contributed by atoms with Crippen LogP contribution in [0.1, 0.15) is 45.6 Å². The van der Waals surface area contributed by atoms with Gasteiger partial charge >= 0.3 is 0 Å². The molecule has 0 radical (unpaired) electrons. The summed E-state index contributed by atoms with van der Waals surface area (Å²) >= 11 is 0. The van der Waals surface area contributed by atoms with E-state index in [2.05, 4.69) is 70.2 Å². The number of hydrogen-bond acceptors (Lipinski definition) is 9. The van der Waals surface area contributed by atoms with E-state index in [1.54, 1.807) is 7.11 Å². The molecule has 2 aliphatic heterocycles. The molecule has 2 aromatic heterocycles. The lowest BCUT2D eigenvalue weighted by Gasteiger charge is -2.42. The number of likely N-dealkylation sites (N-methyl/N-ethyl adjacent to an activating group) is 1. The predicted octanol–water partition coefficient (Wildman–Crippen LogP) is 4.89. The van der Waals surface area contributed by atoms with E-state index in [0.717, 1.165) is 84.0 Å². The van der Waals surface area contributed by atoms with E-state index in [1.807, 2.05) is 13.1 Å². The SMILES string of the molecule is CCOCCC(C)Nc1nc2c(-c3ccc(N4CCC(N5CCN(C)CC5)CC4)c(OC)c3)cnc(N)c2cc1CC. The zero-order chi connectivity index (χ0) is 29.6. The summed E-state index contributed by atoms with van der Waals surface area (Å²) in [4.78, 5) is 17.3. The Balaban J connectivity index is 1.39. The van der Waals surface area contributed by atoms with Crippen LogP contribution in [0.4, 0.5) is 17.3 Å². The molecule has 2 aliphatic rings. The molecule has 1 unspecified atom stereocenters. The van der Waals surface area contributed by atoms with Crippen LogP contribution in [-0.4, -0.2) is 98.5 Å². The lowest BCUT2D eigenvalue weighted by atomic mass is 9.99. The van der Waals surface area contributed by atoms with Gasteiger partial charge in [-0.3, -0.25) is 4.90 Å². The lowest BCUT2D eigenvalue weighted by Crippen LogP contribution is -2.52. The van der Waals surface area contributed by atoms with Crippen LogP contribution in [0.15, 0.2) is 30.5 Å². The zero-order valence-corrected chi connectivity index (χ0v) is 26.2. The van der Waals surface area contributed by atoms with Gasteiger partial charge < -0.3 is 30.3 Å². The Labute approximate surface area is 251 Å². The van der Waals surface area contributed by atoms with E-state index >= 15 is 0 Å². The smallest absolute Gasteiger partial charge is 0.142 e. The van der Waals surface area contributed by atoms with Crippen LogP contribution < -0.4 is 20.7 Å². The minimum absolute atomic E-state index is 0.231. The molecule has 3 N–H and O–H groups in total. The number of hydrogen-bond donors (Lipinski definition) is 2. The number of ether oxygens (including phenoxy) is 2. The monoisotopic (exact) mass is 575 g/mol. The van der Waals surface area contributed by atoms with E-state index in [0.29, 0.717) is 11.9 Å². The van der Waals surface area contributed by atoms with Crippen LogP contribution in [0.3, 0.4) is 0 Å². The first-order valence-corrected chi connectivity index (χ1v) is 15.7. The van der Waals surface area contributed by atoms with Gasteiger partial charge in [-0.1, -0.05) is 13.0 Å². The number of aryl methyl sites for hydroxylation is 1. The molecule has 228 valence electrons. The second-order valence-electron chi connectivity index (χ2n) is 11.8. The average molecular weight is 576 g/mol. The van der Waals surface area contributed by atoms with Crippen LogP contribution in [0.2, 0.25) is 0 Å². The predicted molar refractivity (Wildman–Crippen MR) is 174 cm³/mol. The lowest BCUT2D eigenvalue weighted by molar-refractivity contribution is 0.0981. The molecule has 2 fully saturated rings. The number of piperazine rings is 1. The maximum Gasteiger partial charge on any atom is 0.142 e. The molecule has 4 heterocycles. The minimum Gasteiger partial charge on any atom is -0.495 e. The third-order valence-electron chi connectivity index (χ3n) is 8.98. The second kappa shape index (κ2) is 13.9. The molecule has 9 heteroatoms. The Kier molecular flexibility index (Phi) is 10.0. The zero-order valence-electron chi connectivity index (χ0n) is 26.2. The Morgan fingerprint density at radius 1 is 1.07 bits per heavy atom. The largest absolute Gasteiger partial charge is 0.495 e. The molecule has 0 spiro atoms. The van der Waals surface area contributed by atoms with Crippen LogP contribution in [-0.2, 0) is 11.2 Å². The number of benzene rings is 1. The van der Waals surface area contributed by atoms with Gasteiger partial charge in [0.25, 0.3) is 0 Å². The fraction of sp³-hybridized carbons (Fsp3) is 0.576. The summed E-state index contributed by atoms with van der Waals surface area (Å²) in [6.07, 6.45) is 5.97. The molecule has 9 nitrogen and oxygen atoms in total. The highest BCUT2D eigenvalue weighted by atomic mass is 16.5. The number of fused-ring (bicyclic) bond motifs is 1.